The number of carbonyl (C=O) groups is 1. The standard InChI is InChI=1S/C48H95NO9/c1-3-5-7-9-11-13-14-15-16-17-18-19-20-21-22-23-24-25-26-27-29-31-33-35-37-43(52)49-40(39-57-48-47(56)46(55)45(54)42(38-50)58-48)44(53)41(51)36-34-32-30-28-12-10-8-6-4-2/h40-42,44-48,50-51,53-56H,3-39H2,1-2H3,(H,49,52)/t40-,41+,42+,44-,45-,46?,47?,48+/m0/s1. The van der Waals surface area contributed by atoms with Gasteiger partial charge in [-0.3, -0.25) is 4.79 Å². The van der Waals surface area contributed by atoms with Crippen LogP contribution in [0.2, 0.25) is 0 Å². The lowest BCUT2D eigenvalue weighted by Gasteiger charge is -2.40. The van der Waals surface area contributed by atoms with Crippen molar-refractivity contribution in [2.45, 2.75) is 288 Å². The first-order valence-electron chi connectivity index (χ1n) is 24.8. The summed E-state index contributed by atoms with van der Waals surface area (Å²) in [5, 5.41) is 65.0. The van der Waals surface area contributed by atoms with E-state index in [1.54, 1.807) is 0 Å². The monoisotopic (exact) mass is 830 g/mol. The number of hydrogen-bond donors (Lipinski definition) is 7. The lowest BCUT2D eigenvalue weighted by molar-refractivity contribution is -0.303. The molecule has 0 aromatic carbocycles. The van der Waals surface area contributed by atoms with Crippen molar-refractivity contribution in [1.29, 1.82) is 0 Å². The Labute approximate surface area is 356 Å². The molecule has 8 atom stereocenters. The number of carbonyl (C=O) groups excluding carboxylic acids is 1. The van der Waals surface area contributed by atoms with Crippen LogP contribution in [-0.4, -0.2) is 98.7 Å². The molecule has 1 heterocycles. The van der Waals surface area contributed by atoms with E-state index in [4.69, 9.17) is 9.47 Å². The first-order valence-corrected chi connectivity index (χ1v) is 24.8. The molecule has 1 aliphatic heterocycles. The van der Waals surface area contributed by atoms with Gasteiger partial charge in [0.25, 0.3) is 0 Å². The van der Waals surface area contributed by atoms with Gasteiger partial charge in [-0.25, -0.2) is 0 Å². The maximum absolute atomic E-state index is 13.0. The van der Waals surface area contributed by atoms with Gasteiger partial charge in [-0.15, -0.1) is 0 Å². The number of aliphatic hydroxyl groups excluding tert-OH is 6. The van der Waals surface area contributed by atoms with Crippen molar-refractivity contribution in [3.05, 3.63) is 0 Å². The van der Waals surface area contributed by atoms with E-state index in [0.717, 1.165) is 44.9 Å². The maximum Gasteiger partial charge on any atom is 0.220 e. The number of amides is 1. The summed E-state index contributed by atoms with van der Waals surface area (Å²) in [5.74, 6) is -0.254. The summed E-state index contributed by atoms with van der Waals surface area (Å²) in [7, 11) is 0. The minimum atomic E-state index is -1.60. The van der Waals surface area contributed by atoms with Gasteiger partial charge in [0, 0.05) is 6.42 Å². The lowest BCUT2D eigenvalue weighted by Crippen LogP contribution is -2.60. The van der Waals surface area contributed by atoms with Gasteiger partial charge in [0.15, 0.2) is 6.29 Å². The molecule has 0 aromatic heterocycles. The molecule has 0 aliphatic carbocycles. The Balaban J connectivity index is 2.23. The van der Waals surface area contributed by atoms with Crippen LogP contribution in [0.1, 0.15) is 239 Å². The van der Waals surface area contributed by atoms with Gasteiger partial charge in [-0.2, -0.15) is 0 Å². The fourth-order valence-corrected chi connectivity index (χ4v) is 8.26. The molecule has 1 fully saturated rings. The van der Waals surface area contributed by atoms with Gasteiger partial charge in [0.05, 0.1) is 25.4 Å². The number of nitrogens with one attached hydrogen (secondary N) is 1. The maximum atomic E-state index is 13.0. The zero-order valence-electron chi connectivity index (χ0n) is 37.7. The lowest BCUT2D eigenvalue weighted by atomic mass is 9.98. The molecular formula is C48H95NO9. The summed E-state index contributed by atoms with van der Waals surface area (Å²) >= 11 is 0. The Morgan fingerprint density at radius 3 is 1.28 bits per heavy atom. The highest BCUT2D eigenvalue weighted by molar-refractivity contribution is 5.76. The average Bonchev–Trinajstić information content (AvgIpc) is 3.22. The van der Waals surface area contributed by atoms with Crippen LogP contribution < -0.4 is 5.32 Å². The average molecular weight is 830 g/mol. The first-order chi connectivity index (χ1) is 28.3. The molecule has 0 spiro atoms. The van der Waals surface area contributed by atoms with E-state index < -0.39 is 55.6 Å². The molecule has 10 nitrogen and oxygen atoms in total. The predicted molar refractivity (Wildman–Crippen MR) is 237 cm³/mol. The third kappa shape index (κ3) is 28.6. The SMILES string of the molecule is CCCCCCCCCCCCCCCCCCCCCCCCCCC(=O)N[C@@H](CO[C@@H]1O[C@H](CO)[C@H](O)C(O)C1O)[C@H](O)[C@H](O)CCCCCCCCCCC. The normalized spacial score (nSPS) is 21.3. The van der Waals surface area contributed by atoms with Gasteiger partial charge in [-0.1, -0.05) is 219 Å². The minimum absolute atomic E-state index is 0.254. The second-order valence-electron chi connectivity index (χ2n) is 17.8. The summed E-state index contributed by atoms with van der Waals surface area (Å²) in [6.07, 6.45) is 32.8. The Morgan fingerprint density at radius 2 is 0.897 bits per heavy atom. The van der Waals surface area contributed by atoms with Crippen LogP contribution >= 0.6 is 0 Å². The fourth-order valence-electron chi connectivity index (χ4n) is 8.26. The number of rotatable bonds is 42. The van der Waals surface area contributed by atoms with E-state index in [-0.39, 0.29) is 18.9 Å². The van der Waals surface area contributed by atoms with Gasteiger partial charge < -0.3 is 45.4 Å². The van der Waals surface area contributed by atoms with E-state index in [1.807, 2.05) is 0 Å². The first kappa shape index (κ1) is 55.2. The Bertz CT molecular complexity index is 895. The molecule has 1 aliphatic rings. The number of hydrogen-bond acceptors (Lipinski definition) is 9. The third-order valence-corrected chi connectivity index (χ3v) is 12.3. The predicted octanol–water partition coefficient (Wildman–Crippen LogP) is 9.70. The van der Waals surface area contributed by atoms with Gasteiger partial charge >= 0.3 is 0 Å². The highest BCUT2D eigenvalue weighted by Crippen LogP contribution is 2.23. The molecular weight excluding hydrogens is 735 g/mol. The molecule has 346 valence electrons. The minimum Gasteiger partial charge on any atom is -0.394 e. The third-order valence-electron chi connectivity index (χ3n) is 12.3. The quantitative estimate of drug-likeness (QED) is 0.0296. The van der Waals surface area contributed by atoms with E-state index in [9.17, 15) is 35.4 Å². The van der Waals surface area contributed by atoms with Gasteiger partial charge in [-0.05, 0) is 12.8 Å². The van der Waals surface area contributed by atoms with E-state index in [2.05, 4.69) is 19.2 Å². The van der Waals surface area contributed by atoms with Crippen LogP contribution in [0, 0.1) is 0 Å². The molecule has 7 N–H and O–H groups in total. The van der Waals surface area contributed by atoms with Crippen LogP contribution in [0.3, 0.4) is 0 Å². The van der Waals surface area contributed by atoms with Crippen molar-refractivity contribution in [3.8, 4) is 0 Å². The van der Waals surface area contributed by atoms with Crippen molar-refractivity contribution < 1.29 is 44.9 Å². The summed E-state index contributed by atoms with van der Waals surface area (Å²) in [6.45, 7) is 3.60. The Kier molecular flexibility index (Phi) is 37.1. The number of unbranched alkanes of at least 4 members (excludes halogenated alkanes) is 31. The van der Waals surface area contributed by atoms with Crippen molar-refractivity contribution in [3.63, 3.8) is 0 Å². The molecule has 0 aromatic rings. The highest BCUT2D eigenvalue weighted by Gasteiger charge is 2.44. The van der Waals surface area contributed by atoms with E-state index in [1.165, 1.54) is 167 Å². The summed E-state index contributed by atoms with van der Waals surface area (Å²) in [6, 6.07) is -0.984. The zero-order chi connectivity index (χ0) is 42.5. The Hall–Kier alpha value is -0.850. The molecule has 0 bridgehead atoms. The van der Waals surface area contributed by atoms with Crippen molar-refractivity contribution in [2.75, 3.05) is 13.2 Å². The van der Waals surface area contributed by atoms with Crippen molar-refractivity contribution in [2.24, 2.45) is 0 Å². The smallest absolute Gasteiger partial charge is 0.220 e. The van der Waals surface area contributed by atoms with Crippen molar-refractivity contribution in [1.82, 2.24) is 5.32 Å². The molecule has 1 rings (SSSR count). The van der Waals surface area contributed by atoms with Gasteiger partial charge in [0.1, 0.15) is 30.5 Å². The van der Waals surface area contributed by atoms with E-state index >= 15 is 0 Å². The van der Waals surface area contributed by atoms with Gasteiger partial charge in [0.2, 0.25) is 5.91 Å². The molecule has 10 heteroatoms. The zero-order valence-corrected chi connectivity index (χ0v) is 37.7. The largest absolute Gasteiger partial charge is 0.394 e. The fraction of sp³-hybridized carbons (Fsp3) is 0.979. The topological polar surface area (TPSA) is 169 Å². The second-order valence-corrected chi connectivity index (χ2v) is 17.8. The summed E-state index contributed by atoms with van der Waals surface area (Å²) < 4.78 is 11.1. The molecule has 58 heavy (non-hydrogen) atoms. The molecule has 0 saturated carbocycles. The molecule has 1 amide bonds. The van der Waals surface area contributed by atoms with E-state index in [0.29, 0.717) is 6.42 Å². The summed E-state index contributed by atoms with van der Waals surface area (Å²) in [5.41, 5.74) is 0. The van der Waals surface area contributed by atoms with Crippen LogP contribution in [0.15, 0.2) is 0 Å². The number of aliphatic hydroxyl groups is 6. The highest BCUT2D eigenvalue weighted by atomic mass is 16.7. The Morgan fingerprint density at radius 1 is 0.534 bits per heavy atom. The van der Waals surface area contributed by atoms with Crippen LogP contribution in [0.25, 0.3) is 0 Å². The second kappa shape index (κ2) is 39.0. The molecule has 1 saturated heterocycles. The van der Waals surface area contributed by atoms with Crippen LogP contribution in [0.4, 0.5) is 0 Å². The van der Waals surface area contributed by atoms with Crippen molar-refractivity contribution >= 4 is 5.91 Å². The molecule has 2 unspecified atom stereocenters. The van der Waals surface area contributed by atoms with Crippen LogP contribution in [-0.2, 0) is 14.3 Å². The number of ether oxygens (including phenoxy) is 2. The summed E-state index contributed by atoms with van der Waals surface area (Å²) in [4.78, 5) is 13.0. The molecule has 0 radical (unpaired) electrons. The van der Waals surface area contributed by atoms with Crippen LogP contribution in [0.5, 0.6) is 0 Å².